The zero-order valence-electron chi connectivity index (χ0n) is 13.8. The highest BCUT2D eigenvalue weighted by atomic mass is 19.3. The number of aromatic nitrogens is 2. The van der Waals surface area contributed by atoms with Crippen LogP contribution in [0.2, 0.25) is 0 Å². The lowest BCUT2D eigenvalue weighted by atomic mass is 9.76. The van der Waals surface area contributed by atoms with Gasteiger partial charge in [-0.3, -0.25) is 4.98 Å². The average molecular weight is 358 g/mol. The van der Waals surface area contributed by atoms with Gasteiger partial charge in [-0.2, -0.15) is 4.39 Å². The topological polar surface area (TPSA) is 25.8 Å². The summed E-state index contributed by atoms with van der Waals surface area (Å²) in [4.78, 5) is 7.59. The zero-order valence-corrected chi connectivity index (χ0v) is 13.8. The summed E-state index contributed by atoms with van der Waals surface area (Å²) >= 11 is 0. The third kappa shape index (κ3) is 2.57. The molecule has 0 aliphatic heterocycles. The number of nitrogens with zero attached hydrogens (tertiary/aromatic N) is 2. The fourth-order valence-electron chi connectivity index (χ4n) is 3.71. The number of benzene rings is 1. The van der Waals surface area contributed by atoms with E-state index >= 15 is 0 Å². The first-order valence-electron chi connectivity index (χ1n) is 8.13. The van der Waals surface area contributed by atoms with E-state index in [2.05, 4.69) is 9.97 Å². The average Bonchev–Trinajstić information content (AvgIpc) is 2.62. The Kier molecular flexibility index (Phi) is 3.98. The van der Waals surface area contributed by atoms with Crippen molar-refractivity contribution in [3.8, 4) is 22.3 Å². The van der Waals surface area contributed by atoms with Crippen molar-refractivity contribution in [1.82, 2.24) is 9.97 Å². The SMILES string of the molecule is Cc1c2c(cc(F)c1-c1ccc(F)nc1)-c1cnccc1C(C(F)F)C2. The van der Waals surface area contributed by atoms with E-state index in [9.17, 15) is 17.6 Å². The van der Waals surface area contributed by atoms with E-state index < -0.39 is 24.1 Å². The summed E-state index contributed by atoms with van der Waals surface area (Å²) in [5, 5.41) is 0. The predicted octanol–water partition coefficient (Wildman–Crippen LogP) is 5.30. The van der Waals surface area contributed by atoms with Crippen LogP contribution in [0.3, 0.4) is 0 Å². The van der Waals surface area contributed by atoms with Crippen LogP contribution in [0.4, 0.5) is 17.6 Å². The fourth-order valence-corrected chi connectivity index (χ4v) is 3.71. The van der Waals surface area contributed by atoms with Gasteiger partial charge in [-0.15, -0.1) is 0 Å². The quantitative estimate of drug-likeness (QED) is 0.459. The first-order valence-corrected chi connectivity index (χ1v) is 8.13. The molecule has 0 N–H and O–H groups in total. The Hall–Kier alpha value is -2.76. The van der Waals surface area contributed by atoms with Gasteiger partial charge in [-0.05, 0) is 59.9 Å². The molecule has 3 aromatic rings. The van der Waals surface area contributed by atoms with Crippen molar-refractivity contribution in [2.24, 2.45) is 0 Å². The smallest absolute Gasteiger partial charge is 0.245 e. The van der Waals surface area contributed by atoms with Crippen LogP contribution in [-0.4, -0.2) is 16.4 Å². The van der Waals surface area contributed by atoms with E-state index in [1.807, 2.05) is 0 Å². The standard InChI is InChI=1S/C20H14F4N2/c1-10-13-6-15(20(23)24)12-4-5-25-9-16(12)14(13)7-17(21)19(10)11-2-3-18(22)26-8-11/h2-5,7-9,15,20H,6H2,1H3. The van der Waals surface area contributed by atoms with Crippen LogP contribution in [0.5, 0.6) is 0 Å². The molecule has 1 aromatic carbocycles. The summed E-state index contributed by atoms with van der Waals surface area (Å²) in [7, 11) is 0. The highest BCUT2D eigenvalue weighted by molar-refractivity contribution is 5.80. The molecule has 0 saturated heterocycles. The summed E-state index contributed by atoms with van der Waals surface area (Å²) in [6, 6.07) is 5.50. The normalized spacial score (nSPS) is 15.7. The highest BCUT2D eigenvalue weighted by Crippen LogP contribution is 2.45. The van der Waals surface area contributed by atoms with Gasteiger partial charge in [0.05, 0.1) is 0 Å². The Morgan fingerprint density at radius 3 is 2.58 bits per heavy atom. The molecule has 0 bridgehead atoms. The summed E-state index contributed by atoms with van der Waals surface area (Å²) in [6.45, 7) is 1.70. The van der Waals surface area contributed by atoms with Crippen LogP contribution in [-0.2, 0) is 6.42 Å². The van der Waals surface area contributed by atoms with Crippen LogP contribution in [0.25, 0.3) is 22.3 Å². The summed E-state index contributed by atoms with van der Waals surface area (Å²) < 4.78 is 55.2. The lowest BCUT2D eigenvalue weighted by Crippen LogP contribution is -2.19. The molecule has 0 amide bonds. The molecule has 0 radical (unpaired) electrons. The zero-order chi connectivity index (χ0) is 18.4. The van der Waals surface area contributed by atoms with Crippen molar-refractivity contribution in [3.63, 3.8) is 0 Å². The lowest BCUT2D eigenvalue weighted by Gasteiger charge is -2.29. The van der Waals surface area contributed by atoms with Crippen LogP contribution >= 0.6 is 0 Å². The third-order valence-corrected chi connectivity index (χ3v) is 4.95. The van der Waals surface area contributed by atoms with E-state index in [0.717, 1.165) is 6.07 Å². The maximum atomic E-state index is 14.9. The molecule has 2 nitrogen and oxygen atoms in total. The summed E-state index contributed by atoms with van der Waals surface area (Å²) in [5.74, 6) is -2.13. The summed E-state index contributed by atoms with van der Waals surface area (Å²) in [5.41, 5.74) is 3.50. The molecule has 1 aliphatic carbocycles. The first-order chi connectivity index (χ1) is 12.5. The molecule has 6 heteroatoms. The molecule has 26 heavy (non-hydrogen) atoms. The molecule has 1 aliphatic rings. The number of hydrogen-bond donors (Lipinski definition) is 0. The van der Waals surface area contributed by atoms with Gasteiger partial charge < -0.3 is 0 Å². The van der Waals surface area contributed by atoms with E-state index in [4.69, 9.17) is 0 Å². The van der Waals surface area contributed by atoms with Crippen molar-refractivity contribution in [2.45, 2.75) is 25.7 Å². The van der Waals surface area contributed by atoms with Gasteiger partial charge in [0.15, 0.2) is 0 Å². The number of hydrogen-bond acceptors (Lipinski definition) is 2. The molecule has 0 fully saturated rings. The molecular formula is C20H14F4N2. The highest BCUT2D eigenvalue weighted by Gasteiger charge is 2.33. The number of rotatable bonds is 2. The van der Waals surface area contributed by atoms with Crippen LogP contribution < -0.4 is 0 Å². The number of pyridine rings is 2. The first kappa shape index (κ1) is 16.7. The predicted molar refractivity (Wildman–Crippen MR) is 90.0 cm³/mol. The lowest BCUT2D eigenvalue weighted by molar-refractivity contribution is 0.113. The van der Waals surface area contributed by atoms with Crippen molar-refractivity contribution in [1.29, 1.82) is 0 Å². The van der Waals surface area contributed by atoms with E-state index in [0.29, 0.717) is 33.4 Å². The Balaban J connectivity index is 1.96. The van der Waals surface area contributed by atoms with E-state index in [-0.39, 0.29) is 12.0 Å². The van der Waals surface area contributed by atoms with Crippen LogP contribution in [0.15, 0.2) is 42.9 Å². The fraction of sp³-hybridized carbons (Fsp3) is 0.200. The molecule has 2 aromatic heterocycles. The van der Waals surface area contributed by atoms with Crippen molar-refractivity contribution < 1.29 is 17.6 Å². The van der Waals surface area contributed by atoms with Crippen LogP contribution in [0.1, 0.15) is 22.6 Å². The second-order valence-corrected chi connectivity index (χ2v) is 6.36. The maximum absolute atomic E-state index is 14.9. The Morgan fingerprint density at radius 2 is 1.88 bits per heavy atom. The van der Waals surface area contributed by atoms with Crippen molar-refractivity contribution in [3.05, 3.63) is 71.3 Å². The Morgan fingerprint density at radius 1 is 1.08 bits per heavy atom. The Bertz CT molecular complexity index is 984. The minimum absolute atomic E-state index is 0.109. The molecule has 0 saturated carbocycles. The van der Waals surface area contributed by atoms with Crippen molar-refractivity contribution in [2.75, 3.05) is 0 Å². The van der Waals surface area contributed by atoms with Gasteiger partial charge in [-0.1, -0.05) is 0 Å². The molecule has 2 heterocycles. The van der Waals surface area contributed by atoms with Gasteiger partial charge in [0.1, 0.15) is 5.82 Å². The minimum Gasteiger partial charge on any atom is -0.264 e. The monoisotopic (exact) mass is 358 g/mol. The van der Waals surface area contributed by atoms with Crippen LogP contribution in [0, 0.1) is 18.7 Å². The van der Waals surface area contributed by atoms with E-state index in [1.165, 1.54) is 30.7 Å². The van der Waals surface area contributed by atoms with Gasteiger partial charge in [-0.25, -0.2) is 18.2 Å². The molecule has 4 rings (SSSR count). The molecular weight excluding hydrogens is 344 g/mol. The Labute approximate surface area is 147 Å². The number of halogens is 4. The minimum atomic E-state index is -2.54. The van der Waals surface area contributed by atoms with Crippen molar-refractivity contribution >= 4 is 0 Å². The number of alkyl halides is 2. The molecule has 1 unspecified atom stereocenters. The molecule has 132 valence electrons. The second-order valence-electron chi connectivity index (χ2n) is 6.36. The largest absolute Gasteiger partial charge is 0.264 e. The van der Waals surface area contributed by atoms with E-state index in [1.54, 1.807) is 13.0 Å². The van der Waals surface area contributed by atoms with Gasteiger partial charge in [0.25, 0.3) is 0 Å². The second kappa shape index (κ2) is 6.20. The third-order valence-electron chi connectivity index (χ3n) is 4.95. The van der Waals surface area contributed by atoms with Gasteiger partial charge in [0.2, 0.25) is 12.4 Å². The molecule has 0 spiro atoms. The van der Waals surface area contributed by atoms with Gasteiger partial charge >= 0.3 is 0 Å². The summed E-state index contributed by atoms with van der Waals surface area (Å²) in [6.07, 6.45) is 1.79. The maximum Gasteiger partial charge on any atom is 0.245 e. The molecule has 1 atom stereocenters. The van der Waals surface area contributed by atoms with Gasteiger partial charge in [0, 0.05) is 41.2 Å². The number of fused-ring (bicyclic) bond motifs is 3.